The van der Waals surface area contributed by atoms with Crippen molar-refractivity contribution in [1.29, 1.82) is 0 Å². The lowest BCUT2D eigenvalue weighted by atomic mass is 10.0. The van der Waals surface area contributed by atoms with Crippen molar-refractivity contribution in [2.24, 2.45) is 5.92 Å². The van der Waals surface area contributed by atoms with Crippen LogP contribution in [0, 0.1) is 5.92 Å². The molecule has 1 heterocycles. The van der Waals surface area contributed by atoms with Gasteiger partial charge in [0.15, 0.2) is 0 Å². The zero-order chi connectivity index (χ0) is 12.4. The molecule has 1 atom stereocenters. The van der Waals surface area contributed by atoms with Gasteiger partial charge in [0.1, 0.15) is 0 Å². The third-order valence-corrected chi connectivity index (χ3v) is 3.47. The Morgan fingerprint density at radius 2 is 2.29 bits per heavy atom. The highest BCUT2D eigenvalue weighted by molar-refractivity contribution is 5.97. The predicted molar refractivity (Wildman–Crippen MR) is 71.0 cm³/mol. The normalized spacial score (nSPS) is 15.8. The van der Waals surface area contributed by atoms with E-state index in [1.54, 1.807) is 0 Å². The first kappa shape index (κ1) is 12.0. The van der Waals surface area contributed by atoms with Crippen LogP contribution in [0.1, 0.15) is 32.3 Å². The van der Waals surface area contributed by atoms with E-state index in [1.807, 2.05) is 30.0 Å². The van der Waals surface area contributed by atoms with Gasteiger partial charge in [-0.2, -0.15) is 0 Å². The number of benzene rings is 1. The van der Waals surface area contributed by atoms with E-state index in [0.717, 1.165) is 42.7 Å². The Bertz CT molecular complexity index is 428. The first-order valence-corrected chi connectivity index (χ1v) is 6.34. The van der Waals surface area contributed by atoms with Gasteiger partial charge in [0.2, 0.25) is 5.91 Å². The van der Waals surface area contributed by atoms with Crippen molar-refractivity contribution in [1.82, 2.24) is 0 Å². The summed E-state index contributed by atoms with van der Waals surface area (Å²) in [5.41, 5.74) is 8.88. The van der Waals surface area contributed by atoms with Crippen molar-refractivity contribution in [2.45, 2.75) is 33.1 Å². The molecular formula is C14H20N2O. The summed E-state index contributed by atoms with van der Waals surface area (Å²) in [7, 11) is 0. The highest BCUT2D eigenvalue weighted by atomic mass is 16.2. The van der Waals surface area contributed by atoms with E-state index in [9.17, 15) is 4.79 Å². The van der Waals surface area contributed by atoms with Gasteiger partial charge in [0.25, 0.3) is 0 Å². The SMILES string of the molecule is CCCC(C)C(=O)N1CCc2c(N)cccc21. The second-order valence-electron chi connectivity index (χ2n) is 4.77. The minimum absolute atomic E-state index is 0.104. The van der Waals surface area contributed by atoms with Crippen LogP contribution in [0.25, 0.3) is 0 Å². The Kier molecular flexibility index (Phi) is 3.36. The van der Waals surface area contributed by atoms with E-state index >= 15 is 0 Å². The van der Waals surface area contributed by atoms with Crippen molar-refractivity contribution in [3.63, 3.8) is 0 Å². The zero-order valence-electron chi connectivity index (χ0n) is 10.6. The summed E-state index contributed by atoms with van der Waals surface area (Å²) in [5, 5.41) is 0. The third kappa shape index (κ3) is 2.14. The maximum absolute atomic E-state index is 12.3. The van der Waals surface area contributed by atoms with E-state index < -0.39 is 0 Å². The fourth-order valence-corrected chi connectivity index (χ4v) is 2.51. The number of carbonyl (C=O) groups excluding carboxylic acids is 1. The summed E-state index contributed by atoms with van der Waals surface area (Å²) in [6.07, 6.45) is 2.88. The average molecular weight is 232 g/mol. The molecule has 3 nitrogen and oxygen atoms in total. The monoisotopic (exact) mass is 232 g/mol. The number of hydrogen-bond donors (Lipinski definition) is 1. The van der Waals surface area contributed by atoms with Gasteiger partial charge in [-0.15, -0.1) is 0 Å². The number of carbonyl (C=O) groups is 1. The molecule has 0 aliphatic carbocycles. The van der Waals surface area contributed by atoms with Crippen LogP contribution in [0.3, 0.4) is 0 Å². The number of anilines is 2. The molecule has 1 aromatic carbocycles. The summed E-state index contributed by atoms with van der Waals surface area (Å²) < 4.78 is 0. The molecular weight excluding hydrogens is 212 g/mol. The second-order valence-corrected chi connectivity index (χ2v) is 4.77. The van der Waals surface area contributed by atoms with Crippen LogP contribution in [0.15, 0.2) is 18.2 Å². The van der Waals surface area contributed by atoms with Crippen LogP contribution in [-0.2, 0) is 11.2 Å². The molecule has 2 N–H and O–H groups in total. The molecule has 0 saturated carbocycles. The summed E-state index contributed by atoms with van der Waals surface area (Å²) in [5.74, 6) is 0.337. The van der Waals surface area contributed by atoms with Crippen molar-refractivity contribution in [2.75, 3.05) is 17.2 Å². The molecule has 0 spiro atoms. The maximum atomic E-state index is 12.3. The molecule has 0 radical (unpaired) electrons. The van der Waals surface area contributed by atoms with E-state index in [4.69, 9.17) is 5.73 Å². The van der Waals surface area contributed by atoms with E-state index in [-0.39, 0.29) is 11.8 Å². The third-order valence-electron chi connectivity index (χ3n) is 3.47. The highest BCUT2D eigenvalue weighted by Crippen LogP contribution is 2.33. The minimum Gasteiger partial charge on any atom is -0.398 e. The fraction of sp³-hybridized carbons (Fsp3) is 0.500. The van der Waals surface area contributed by atoms with Crippen molar-refractivity contribution in [3.05, 3.63) is 23.8 Å². The summed E-state index contributed by atoms with van der Waals surface area (Å²) in [6.45, 7) is 4.90. The van der Waals surface area contributed by atoms with Crippen LogP contribution in [0.4, 0.5) is 11.4 Å². The Hall–Kier alpha value is -1.51. The van der Waals surface area contributed by atoms with Crippen LogP contribution < -0.4 is 10.6 Å². The molecule has 0 aromatic heterocycles. The molecule has 92 valence electrons. The van der Waals surface area contributed by atoms with Gasteiger partial charge in [0.05, 0.1) is 0 Å². The molecule has 1 aromatic rings. The van der Waals surface area contributed by atoms with E-state index in [1.165, 1.54) is 0 Å². The molecule has 17 heavy (non-hydrogen) atoms. The summed E-state index contributed by atoms with van der Waals surface area (Å²) in [4.78, 5) is 14.2. The van der Waals surface area contributed by atoms with Crippen molar-refractivity contribution >= 4 is 17.3 Å². The second kappa shape index (κ2) is 4.78. The largest absolute Gasteiger partial charge is 0.398 e. The lowest BCUT2D eigenvalue weighted by Crippen LogP contribution is -2.33. The van der Waals surface area contributed by atoms with Gasteiger partial charge in [-0.25, -0.2) is 0 Å². The van der Waals surface area contributed by atoms with Gasteiger partial charge >= 0.3 is 0 Å². The van der Waals surface area contributed by atoms with E-state index in [0.29, 0.717) is 0 Å². The minimum atomic E-state index is 0.104. The molecule has 1 amide bonds. The van der Waals surface area contributed by atoms with Crippen molar-refractivity contribution in [3.8, 4) is 0 Å². The van der Waals surface area contributed by atoms with E-state index in [2.05, 4.69) is 6.92 Å². The Morgan fingerprint density at radius 1 is 1.53 bits per heavy atom. The quantitative estimate of drug-likeness (QED) is 0.814. The lowest BCUT2D eigenvalue weighted by molar-refractivity contribution is -0.122. The number of rotatable bonds is 3. The molecule has 0 saturated heterocycles. The molecule has 0 fully saturated rings. The van der Waals surface area contributed by atoms with Gasteiger partial charge in [-0.05, 0) is 25.0 Å². The molecule has 1 aliphatic heterocycles. The Balaban J connectivity index is 2.22. The molecule has 1 unspecified atom stereocenters. The van der Waals surface area contributed by atoms with Crippen LogP contribution in [0.5, 0.6) is 0 Å². The number of hydrogen-bond acceptors (Lipinski definition) is 2. The van der Waals surface area contributed by atoms with Gasteiger partial charge < -0.3 is 10.6 Å². The summed E-state index contributed by atoms with van der Waals surface area (Å²) >= 11 is 0. The van der Waals surface area contributed by atoms with Crippen LogP contribution >= 0.6 is 0 Å². The molecule has 2 rings (SSSR count). The number of nitrogens with two attached hydrogens (primary N) is 1. The fourth-order valence-electron chi connectivity index (χ4n) is 2.51. The molecule has 0 bridgehead atoms. The Labute approximate surface area is 103 Å². The molecule has 3 heteroatoms. The predicted octanol–water partition coefficient (Wildman–Crippen LogP) is 2.59. The topological polar surface area (TPSA) is 46.3 Å². The molecule has 1 aliphatic rings. The summed E-state index contributed by atoms with van der Waals surface area (Å²) in [6, 6.07) is 5.82. The Morgan fingerprint density at radius 3 is 3.00 bits per heavy atom. The maximum Gasteiger partial charge on any atom is 0.229 e. The lowest BCUT2D eigenvalue weighted by Gasteiger charge is -2.21. The first-order chi connectivity index (χ1) is 8.15. The first-order valence-electron chi connectivity index (χ1n) is 6.34. The van der Waals surface area contributed by atoms with Gasteiger partial charge in [-0.1, -0.05) is 26.3 Å². The zero-order valence-corrected chi connectivity index (χ0v) is 10.6. The average Bonchev–Trinajstić information content (AvgIpc) is 2.73. The van der Waals surface area contributed by atoms with Crippen molar-refractivity contribution < 1.29 is 4.79 Å². The van der Waals surface area contributed by atoms with Crippen LogP contribution in [0.2, 0.25) is 0 Å². The smallest absolute Gasteiger partial charge is 0.229 e. The standard InChI is InChI=1S/C14H20N2O/c1-3-5-10(2)14(17)16-9-8-11-12(15)6-4-7-13(11)16/h4,6-7,10H,3,5,8-9,15H2,1-2H3. The number of nitrogen functional groups attached to an aromatic ring is 1. The van der Waals surface area contributed by atoms with Crippen LogP contribution in [-0.4, -0.2) is 12.5 Å². The number of nitrogens with zero attached hydrogens (tertiary/aromatic N) is 1. The highest BCUT2D eigenvalue weighted by Gasteiger charge is 2.28. The number of fused-ring (bicyclic) bond motifs is 1. The number of amides is 1. The van der Waals surface area contributed by atoms with Gasteiger partial charge in [0, 0.05) is 29.4 Å². The van der Waals surface area contributed by atoms with Gasteiger partial charge in [-0.3, -0.25) is 4.79 Å².